The number of carbonyl (C=O) groups excluding carboxylic acids is 1. The Labute approximate surface area is 195 Å². The molecule has 4 rings (SSSR count). The molecule has 1 saturated heterocycles. The second-order valence-electron chi connectivity index (χ2n) is 7.71. The van der Waals surface area contributed by atoms with Crippen molar-refractivity contribution in [1.82, 2.24) is 15.0 Å². The van der Waals surface area contributed by atoms with Crippen LogP contribution in [0, 0.1) is 5.92 Å². The number of hydrogen-bond acceptors (Lipinski definition) is 6. The smallest absolute Gasteiger partial charge is 0.241 e. The zero-order valence-corrected chi connectivity index (χ0v) is 19.3. The van der Waals surface area contributed by atoms with Gasteiger partial charge in [0.2, 0.25) is 17.6 Å². The van der Waals surface area contributed by atoms with Gasteiger partial charge < -0.3 is 14.6 Å². The van der Waals surface area contributed by atoms with E-state index in [0.717, 1.165) is 40.9 Å². The molecule has 7 nitrogen and oxygen atoms in total. The molecule has 8 heteroatoms. The fourth-order valence-corrected chi connectivity index (χ4v) is 3.94. The van der Waals surface area contributed by atoms with Crippen molar-refractivity contribution < 1.29 is 14.1 Å². The topological polar surface area (TPSA) is 80.5 Å². The van der Waals surface area contributed by atoms with Crippen molar-refractivity contribution in [2.75, 3.05) is 25.0 Å². The highest BCUT2D eigenvalue weighted by molar-refractivity contribution is 9.10. The number of rotatable bonds is 8. The minimum Gasteiger partial charge on any atom is -0.490 e. The van der Waals surface area contributed by atoms with E-state index < -0.39 is 0 Å². The Morgan fingerprint density at radius 1 is 1.25 bits per heavy atom. The maximum atomic E-state index is 12.8. The first kappa shape index (κ1) is 22.2. The number of halogens is 1. The Hall–Kier alpha value is -2.97. The molecule has 1 amide bonds. The molecule has 1 fully saturated rings. The van der Waals surface area contributed by atoms with Crippen LogP contribution in [0.5, 0.6) is 5.75 Å². The van der Waals surface area contributed by atoms with E-state index in [2.05, 4.69) is 42.9 Å². The summed E-state index contributed by atoms with van der Waals surface area (Å²) in [6, 6.07) is 15.1. The van der Waals surface area contributed by atoms with Crippen LogP contribution in [0.15, 0.2) is 70.2 Å². The van der Waals surface area contributed by atoms with Gasteiger partial charge in [-0.1, -0.05) is 33.7 Å². The van der Waals surface area contributed by atoms with E-state index in [4.69, 9.17) is 9.26 Å². The van der Waals surface area contributed by atoms with Gasteiger partial charge in [0.25, 0.3) is 0 Å². The van der Waals surface area contributed by atoms with Crippen molar-refractivity contribution in [1.29, 1.82) is 0 Å². The van der Waals surface area contributed by atoms with Gasteiger partial charge in [0.05, 0.1) is 12.5 Å². The normalized spacial score (nSPS) is 16.5. The molecule has 2 aromatic carbocycles. The second-order valence-corrected chi connectivity index (χ2v) is 8.62. The summed E-state index contributed by atoms with van der Waals surface area (Å²) in [5.41, 5.74) is 1.66. The van der Waals surface area contributed by atoms with Crippen molar-refractivity contribution in [2.24, 2.45) is 5.92 Å². The number of carbonyl (C=O) groups is 1. The number of aromatic nitrogens is 2. The van der Waals surface area contributed by atoms with Gasteiger partial charge in [0.1, 0.15) is 12.4 Å². The summed E-state index contributed by atoms with van der Waals surface area (Å²) >= 11 is 3.43. The van der Waals surface area contributed by atoms with Crippen LogP contribution in [0.1, 0.15) is 18.7 Å². The number of amides is 1. The molecular formula is C24H25BrN4O3. The molecule has 1 aromatic heterocycles. The molecule has 32 heavy (non-hydrogen) atoms. The largest absolute Gasteiger partial charge is 0.490 e. The van der Waals surface area contributed by atoms with Crippen LogP contribution in [0.2, 0.25) is 0 Å². The Bertz CT molecular complexity index is 1050. The first-order valence-corrected chi connectivity index (χ1v) is 11.4. The molecule has 1 aliphatic rings. The van der Waals surface area contributed by atoms with Gasteiger partial charge in [-0.05, 0) is 67.9 Å². The number of nitrogens with zero attached hydrogens (tertiary/aromatic N) is 3. The molecule has 0 aliphatic carbocycles. The number of anilines is 1. The van der Waals surface area contributed by atoms with E-state index in [0.29, 0.717) is 31.4 Å². The molecule has 1 atom stereocenters. The molecule has 0 spiro atoms. The molecule has 0 saturated carbocycles. The van der Waals surface area contributed by atoms with E-state index in [1.165, 1.54) is 0 Å². The van der Waals surface area contributed by atoms with E-state index in [1.54, 1.807) is 6.08 Å². The summed E-state index contributed by atoms with van der Waals surface area (Å²) in [5, 5.41) is 7.11. The Morgan fingerprint density at radius 3 is 2.78 bits per heavy atom. The van der Waals surface area contributed by atoms with Gasteiger partial charge in [-0.25, -0.2) is 0 Å². The van der Waals surface area contributed by atoms with Gasteiger partial charge in [-0.15, -0.1) is 0 Å². The van der Waals surface area contributed by atoms with Gasteiger partial charge in [0.15, 0.2) is 0 Å². The number of ether oxygens (including phenoxy) is 1. The lowest BCUT2D eigenvalue weighted by Gasteiger charge is -2.30. The van der Waals surface area contributed by atoms with Crippen molar-refractivity contribution in [3.63, 3.8) is 0 Å². The van der Waals surface area contributed by atoms with Crippen LogP contribution in [-0.2, 0) is 11.3 Å². The molecule has 1 unspecified atom stereocenters. The summed E-state index contributed by atoms with van der Waals surface area (Å²) in [4.78, 5) is 19.5. The number of piperidine rings is 1. The Kier molecular flexibility index (Phi) is 7.34. The number of nitrogens with one attached hydrogen (secondary N) is 1. The predicted octanol–water partition coefficient (Wildman–Crippen LogP) is 4.91. The van der Waals surface area contributed by atoms with Gasteiger partial charge in [-0.2, -0.15) is 4.98 Å². The number of benzene rings is 2. The predicted molar refractivity (Wildman–Crippen MR) is 126 cm³/mol. The number of likely N-dealkylation sites (tertiary alicyclic amines) is 1. The highest BCUT2D eigenvalue weighted by atomic mass is 79.9. The van der Waals surface area contributed by atoms with Crippen molar-refractivity contribution in [3.05, 3.63) is 71.5 Å². The van der Waals surface area contributed by atoms with Gasteiger partial charge in [0, 0.05) is 22.3 Å². The van der Waals surface area contributed by atoms with E-state index in [9.17, 15) is 4.79 Å². The summed E-state index contributed by atoms with van der Waals surface area (Å²) in [6.07, 6.45) is 3.50. The lowest BCUT2D eigenvalue weighted by Crippen LogP contribution is -2.40. The molecule has 0 radical (unpaired) electrons. The quantitative estimate of drug-likeness (QED) is 0.446. The van der Waals surface area contributed by atoms with Crippen molar-refractivity contribution in [3.8, 4) is 17.1 Å². The lowest BCUT2D eigenvalue weighted by atomic mass is 9.97. The second kappa shape index (κ2) is 10.6. The van der Waals surface area contributed by atoms with Crippen molar-refractivity contribution >= 4 is 27.5 Å². The summed E-state index contributed by atoms with van der Waals surface area (Å²) in [6.45, 7) is 6.17. The van der Waals surface area contributed by atoms with Crippen LogP contribution in [0.25, 0.3) is 11.4 Å². The zero-order valence-electron chi connectivity index (χ0n) is 17.7. The van der Waals surface area contributed by atoms with Gasteiger partial charge in [-0.3, -0.25) is 9.69 Å². The summed E-state index contributed by atoms with van der Waals surface area (Å²) in [5.74, 6) is 1.80. The average molecular weight is 497 g/mol. The summed E-state index contributed by atoms with van der Waals surface area (Å²) < 4.78 is 11.9. The standard InChI is InChI=1S/C24H25BrN4O3/c1-2-14-31-21-11-9-20(10-12-21)26-24(30)18-4-3-13-29(15-18)16-22-27-23(28-32-22)17-5-7-19(25)8-6-17/h2,5-12,18H,1,3-4,13-16H2,(H,26,30). The van der Waals surface area contributed by atoms with Crippen LogP contribution >= 0.6 is 15.9 Å². The molecule has 1 aliphatic heterocycles. The van der Waals surface area contributed by atoms with Crippen molar-refractivity contribution in [2.45, 2.75) is 19.4 Å². The Morgan fingerprint density at radius 2 is 2.03 bits per heavy atom. The SMILES string of the molecule is C=CCOc1ccc(NC(=O)C2CCCN(Cc3nc(-c4ccc(Br)cc4)no3)C2)cc1. The lowest BCUT2D eigenvalue weighted by molar-refractivity contribution is -0.121. The molecule has 166 valence electrons. The molecule has 1 N–H and O–H groups in total. The third-order valence-corrected chi connectivity index (χ3v) is 5.82. The van der Waals surface area contributed by atoms with Crippen LogP contribution in [0.4, 0.5) is 5.69 Å². The average Bonchev–Trinajstić information content (AvgIpc) is 3.27. The van der Waals surface area contributed by atoms with E-state index in [-0.39, 0.29) is 11.8 Å². The Balaban J connectivity index is 1.31. The van der Waals surface area contributed by atoms with Gasteiger partial charge >= 0.3 is 0 Å². The first-order valence-electron chi connectivity index (χ1n) is 10.6. The van der Waals surface area contributed by atoms with Crippen LogP contribution in [0.3, 0.4) is 0 Å². The van der Waals surface area contributed by atoms with E-state index in [1.807, 2.05) is 48.5 Å². The molecule has 3 aromatic rings. The fraction of sp³-hybridized carbons (Fsp3) is 0.292. The first-order chi connectivity index (χ1) is 15.6. The highest BCUT2D eigenvalue weighted by Gasteiger charge is 2.27. The fourth-order valence-electron chi connectivity index (χ4n) is 3.67. The van der Waals surface area contributed by atoms with Crippen LogP contribution in [-0.4, -0.2) is 40.6 Å². The van der Waals surface area contributed by atoms with Crippen LogP contribution < -0.4 is 10.1 Å². The molecular weight excluding hydrogens is 472 g/mol. The monoisotopic (exact) mass is 496 g/mol. The third-order valence-electron chi connectivity index (χ3n) is 5.30. The molecule has 0 bridgehead atoms. The minimum atomic E-state index is -0.0886. The maximum Gasteiger partial charge on any atom is 0.241 e. The number of hydrogen-bond donors (Lipinski definition) is 1. The minimum absolute atomic E-state index is 0.0236. The zero-order chi connectivity index (χ0) is 22.3. The molecule has 2 heterocycles. The highest BCUT2D eigenvalue weighted by Crippen LogP contribution is 2.23. The summed E-state index contributed by atoms with van der Waals surface area (Å²) in [7, 11) is 0. The third kappa shape index (κ3) is 5.83. The van der Waals surface area contributed by atoms with E-state index >= 15 is 0 Å². The maximum absolute atomic E-state index is 12.8.